The summed E-state index contributed by atoms with van der Waals surface area (Å²) in [5, 5.41) is 21.3. The fraction of sp³-hybridized carbons (Fsp3) is 0.154. The molecule has 1 amide bonds. The molecule has 2 heterocycles. The average molecular weight is 585 g/mol. The predicted octanol–water partition coefficient (Wildman–Crippen LogP) is 4.90. The number of hydrogen-bond donors (Lipinski definition) is 2. The van der Waals surface area contributed by atoms with Gasteiger partial charge in [-0.3, -0.25) is 14.5 Å². The zero-order valence-electron chi connectivity index (χ0n) is 19.9. The van der Waals surface area contributed by atoms with Crippen LogP contribution in [0.4, 0.5) is 5.13 Å². The van der Waals surface area contributed by atoms with Gasteiger partial charge in [0.15, 0.2) is 28.2 Å². The highest BCUT2D eigenvalue weighted by Crippen LogP contribution is 2.46. The molecule has 190 valence electrons. The van der Waals surface area contributed by atoms with Crippen LogP contribution in [-0.2, 0) is 14.3 Å². The van der Waals surface area contributed by atoms with Gasteiger partial charge < -0.3 is 19.7 Å². The number of phenols is 1. The van der Waals surface area contributed by atoms with Gasteiger partial charge in [-0.25, -0.2) is 9.78 Å². The summed E-state index contributed by atoms with van der Waals surface area (Å²) in [6.45, 7) is 1.59. The number of anilines is 1. The lowest BCUT2D eigenvalue weighted by Gasteiger charge is -2.25. The van der Waals surface area contributed by atoms with Crippen molar-refractivity contribution in [1.29, 1.82) is 0 Å². The summed E-state index contributed by atoms with van der Waals surface area (Å²) in [6.07, 6.45) is 2.84. The standard InChI is InChI=1S/C26H21BrN2O7S/c1-13-23(25(34)36-3)37-26(28-13)29-20(15-11-16(27)21(31)18(12-15)35-2)19(22(32)24(29)33)17(30)10-9-14-7-5-4-6-8-14/h4-12,20,31-32H,1-3H3. The zero-order chi connectivity index (χ0) is 26.9. The van der Waals surface area contributed by atoms with Gasteiger partial charge in [-0.2, -0.15) is 0 Å². The molecule has 2 N–H and O–H groups in total. The van der Waals surface area contributed by atoms with Gasteiger partial charge in [0.1, 0.15) is 4.88 Å². The number of nitrogens with zero attached hydrogens (tertiary/aromatic N) is 2. The van der Waals surface area contributed by atoms with Gasteiger partial charge in [-0.15, -0.1) is 0 Å². The first kappa shape index (κ1) is 26.1. The van der Waals surface area contributed by atoms with E-state index in [1.54, 1.807) is 25.1 Å². The van der Waals surface area contributed by atoms with Gasteiger partial charge in [0.25, 0.3) is 5.91 Å². The van der Waals surface area contributed by atoms with Crippen molar-refractivity contribution in [3.05, 3.63) is 86.0 Å². The van der Waals surface area contributed by atoms with Crippen LogP contribution in [0.5, 0.6) is 11.5 Å². The molecule has 0 aliphatic carbocycles. The Morgan fingerprint density at radius 3 is 2.51 bits per heavy atom. The third kappa shape index (κ3) is 4.87. The van der Waals surface area contributed by atoms with Crippen LogP contribution in [0, 0.1) is 6.92 Å². The minimum atomic E-state index is -1.14. The van der Waals surface area contributed by atoms with E-state index in [0.29, 0.717) is 11.3 Å². The first-order valence-electron chi connectivity index (χ1n) is 10.8. The molecule has 3 aromatic rings. The van der Waals surface area contributed by atoms with Gasteiger partial charge >= 0.3 is 5.97 Å². The second-order valence-corrected chi connectivity index (χ2v) is 9.74. The fourth-order valence-corrected chi connectivity index (χ4v) is 5.34. The fourth-order valence-electron chi connectivity index (χ4n) is 3.87. The molecule has 0 saturated carbocycles. The number of aromatic hydroxyl groups is 1. The number of methoxy groups -OCH3 is 2. The van der Waals surface area contributed by atoms with Crippen molar-refractivity contribution in [3.63, 3.8) is 0 Å². The van der Waals surface area contributed by atoms with Crippen molar-refractivity contribution < 1.29 is 34.1 Å². The highest BCUT2D eigenvalue weighted by atomic mass is 79.9. The van der Waals surface area contributed by atoms with Crippen molar-refractivity contribution in [1.82, 2.24) is 4.98 Å². The van der Waals surface area contributed by atoms with Crippen LogP contribution < -0.4 is 9.64 Å². The second kappa shape index (κ2) is 10.6. The molecule has 0 saturated heterocycles. The van der Waals surface area contributed by atoms with Gasteiger partial charge in [-0.05, 0) is 52.2 Å². The molecule has 0 spiro atoms. The number of thiazole rings is 1. The summed E-state index contributed by atoms with van der Waals surface area (Å²) in [5.74, 6) is -2.94. The Bertz CT molecular complexity index is 1460. The first-order chi connectivity index (χ1) is 17.7. The summed E-state index contributed by atoms with van der Waals surface area (Å²) in [6, 6.07) is 10.9. The molecule has 4 rings (SSSR count). The lowest BCUT2D eigenvalue weighted by atomic mass is 9.95. The molecule has 9 nitrogen and oxygen atoms in total. The van der Waals surface area contributed by atoms with E-state index in [2.05, 4.69) is 20.9 Å². The normalized spacial score (nSPS) is 15.5. The highest BCUT2D eigenvalue weighted by Gasteiger charge is 2.46. The van der Waals surface area contributed by atoms with Crippen molar-refractivity contribution in [3.8, 4) is 11.5 Å². The quantitative estimate of drug-likeness (QED) is 0.296. The molecule has 0 fully saturated rings. The smallest absolute Gasteiger partial charge is 0.350 e. The molecular formula is C26H21BrN2O7S. The Morgan fingerprint density at radius 1 is 1.16 bits per heavy atom. The van der Waals surface area contributed by atoms with Crippen LogP contribution in [0.25, 0.3) is 6.08 Å². The van der Waals surface area contributed by atoms with Crippen molar-refractivity contribution in [2.75, 3.05) is 19.1 Å². The van der Waals surface area contributed by atoms with E-state index in [-0.39, 0.29) is 31.6 Å². The van der Waals surface area contributed by atoms with E-state index in [4.69, 9.17) is 9.47 Å². The molecule has 1 aliphatic rings. The number of aromatic nitrogens is 1. The van der Waals surface area contributed by atoms with Crippen LogP contribution in [0.3, 0.4) is 0 Å². The summed E-state index contributed by atoms with van der Waals surface area (Å²) >= 11 is 4.16. The lowest BCUT2D eigenvalue weighted by Crippen LogP contribution is -2.31. The van der Waals surface area contributed by atoms with Crippen LogP contribution in [0.1, 0.15) is 32.5 Å². The number of benzene rings is 2. The summed E-state index contributed by atoms with van der Waals surface area (Å²) < 4.78 is 10.3. The van der Waals surface area contributed by atoms with Crippen molar-refractivity contribution in [2.24, 2.45) is 0 Å². The van der Waals surface area contributed by atoms with E-state index < -0.39 is 29.5 Å². The Kier molecular flexibility index (Phi) is 7.46. The number of amides is 1. The number of aryl methyl sites for hydroxylation is 1. The Labute approximate surface area is 224 Å². The van der Waals surface area contributed by atoms with Crippen molar-refractivity contribution in [2.45, 2.75) is 13.0 Å². The maximum absolute atomic E-state index is 13.4. The van der Waals surface area contributed by atoms with E-state index in [1.807, 2.05) is 18.2 Å². The van der Waals surface area contributed by atoms with Gasteiger partial charge in [-0.1, -0.05) is 47.7 Å². The minimum Gasteiger partial charge on any atom is -0.503 e. The summed E-state index contributed by atoms with van der Waals surface area (Å²) in [4.78, 5) is 44.6. The molecule has 37 heavy (non-hydrogen) atoms. The topological polar surface area (TPSA) is 126 Å². The number of carbonyl (C=O) groups is 3. The summed E-state index contributed by atoms with van der Waals surface area (Å²) in [5.41, 5.74) is 1.24. The Morgan fingerprint density at radius 2 is 1.86 bits per heavy atom. The largest absolute Gasteiger partial charge is 0.503 e. The third-order valence-corrected chi connectivity index (χ3v) is 7.39. The number of carbonyl (C=O) groups excluding carboxylic acids is 3. The van der Waals surface area contributed by atoms with Gasteiger partial charge in [0.05, 0.1) is 36.0 Å². The second-order valence-electron chi connectivity index (χ2n) is 7.90. The number of allylic oxidation sites excluding steroid dienone is 1. The van der Waals surface area contributed by atoms with E-state index in [0.717, 1.165) is 21.8 Å². The molecule has 0 bridgehead atoms. The molecular weight excluding hydrogens is 564 g/mol. The van der Waals surface area contributed by atoms with E-state index in [1.165, 1.54) is 32.4 Å². The van der Waals surface area contributed by atoms with E-state index >= 15 is 0 Å². The molecule has 1 aliphatic heterocycles. The number of hydrogen-bond acceptors (Lipinski definition) is 9. The highest BCUT2D eigenvalue weighted by molar-refractivity contribution is 9.10. The summed E-state index contributed by atoms with van der Waals surface area (Å²) in [7, 11) is 2.59. The van der Waals surface area contributed by atoms with Gasteiger partial charge in [0, 0.05) is 0 Å². The SMILES string of the molecule is COC(=O)c1sc(N2C(=O)C(O)=C(C(=O)C=Cc3ccccc3)C2c2cc(Br)c(O)c(OC)c2)nc1C. The Hall–Kier alpha value is -3.96. The monoisotopic (exact) mass is 584 g/mol. The number of esters is 1. The first-order valence-corrected chi connectivity index (χ1v) is 12.4. The number of halogens is 1. The predicted molar refractivity (Wildman–Crippen MR) is 141 cm³/mol. The number of aliphatic hydroxyl groups excluding tert-OH is 1. The molecule has 1 aromatic heterocycles. The molecule has 0 radical (unpaired) electrons. The maximum atomic E-state index is 13.4. The number of ketones is 1. The number of phenolic OH excluding ortho intramolecular Hbond substituents is 1. The molecule has 11 heteroatoms. The Balaban J connectivity index is 1.87. The van der Waals surface area contributed by atoms with Crippen LogP contribution in [0.15, 0.2) is 64.3 Å². The molecule has 1 unspecified atom stereocenters. The number of aliphatic hydroxyl groups is 1. The van der Waals surface area contributed by atoms with Crippen LogP contribution in [0.2, 0.25) is 0 Å². The number of rotatable bonds is 7. The third-order valence-electron chi connectivity index (χ3n) is 5.65. The van der Waals surface area contributed by atoms with Gasteiger partial charge in [0.2, 0.25) is 0 Å². The maximum Gasteiger partial charge on any atom is 0.350 e. The average Bonchev–Trinajstić information content (AvgIpc) is 3.40. The van der Waals surface area contributed by atoms with E-state index in [9.17, 15) is 24.6 Å². The zero-order valence-corrected chi connectivity index (χ0v) is 22.3. The minimum absolute atomic E-state index is 0.0810. The lowest BCUT2D eigenvalue weighted by molar-refractivity contribution is -0.117. The molecule has 1 atom stereocenters. The number of ether oxygens (including phenoxy) is 2. The van der Waals surface area contributed by atoms with Crippen LogP contribution in [-0.4, -0.2) is 47.1 Å². The van der Waals surface area contributed by atoms with Crippen LogP contribution >= 0.6 is 27.3 Å². The molecule has 2 aromatic carbocycles. The van der Waals surface area contributed by atoms with Crippen molar-refractivity contribution >= 4 is 56.1 Å².